The van der Waals surface area contributed by atoms with Gasteiger partial charge in [-0.1, -0.05) is 36.4 Å². The highest BCUT2D eigenvalue weighted by Gasteiger charge is 2.19. The van der Waals surface area contributed by atoms with Crippen LogP contribution in [0.25, 0.3) is 10.2 Å². The van der Waals surface area contributed by atoms with Gasteiger partial charge in [-0.3, -0.25) is 18.9 Å². The molecular formula is C21H17N3O4S. The van der Waals surface area contributed by atoms with Crippen LogP contribution in [0.2, 0.25) is 0 Å². The third-order valence-electron chi connectivity index (χ3n) is 4.49. The number of aromatic nitrogens is 3. The molecule has 0 atom stereocenters. The lowest BCUT2D eigenvalue weighted by atomic mass is 10.2. The maximum absolute atomic E-state index is 12.9. The number of hydrogen-bond acceptors (Lipinski definition) is 6. The molecule has 0 saturated heterocycles. The van der Waals surface area contributed by atoms with E-state index >= 15 is 0 Å². The number of fused-ring (bicyclic) bond motifs is 1. The van der Waals surface area contributed by atoms with Crippen LogP contribution in [0.15, 0.2) is 70.5 Å². The number of hydrogen-bond donors (Lipinski definition) is 0. The average molecular weight is 407 g/mol. The van der Waals surface area contributed by atoms with Gasteiger partial charge >= 0.3 is 11.7 Å². The van der Waals surface area contributed by atoms with Gasteiger partial charge in [0.1, 0.15) is 16.3 Å². The molecule has 29 heavy (non-hydrogen) atoms. The van der Waals surface area contributed by atoms with Crippen molar-refractivity contribution in [1.82, 2.24) is 14.1 Å². The lowest BCUT2D eigenvalue weighted by molar-refractivity contribution is 0.0478. The molecule has 3 heterocycles. The Hall–Kier alpha value is -3.52. The van der Waals surface area contributed by atoms with Crippen molar-refractivity contribution in [3.63, 3.8) is 0 Å². The second-order valence-electron chi connectivity index (χ2n) is 6.49. The molecule has 0 unspecified atom stereocenters. The van der Waals surface area contributed by atoms with Gasteiger partial charge in [-0.2, -0.15) is 0 Å². The summed E-state index contributed by atoms with van der Waals surface area (Å²) in [7, 11) is 1.58. The van der Waals surface area contributed by atoms with E-state index in [1.165, 1.54) is 10.6 Å². The molecule has 0 spiro atoms. The van der Waals surface area contributed by atoms with Gasteiger partial charge in [-0.05, 0) is 23.3 Å². The minimum atomic E-state index is -0.527. The standard InChI is InChI=1S/C21H17N3O4S/c1-23-19-16(18(25)24(21(23)27)12-15-8-5-9-22-11-15)10-17(29-19)20(26)28-13-14-6-3-2-4-7-14/h2-11H,12-13H2,1H3. The minimum Gasteiger partial charge on any atom is -0.457 e. The van der Waals surface area contributed by atoms with Crippen LogP contribution in [0.5, 0.6) is 0 Å². The fraction of sp³-hybridized carbons (Fsp3) is 0.143. The normalized spacial score (nSPS) is 10.9. The van der Waals surface area contributed by atoms with E-state index in [1.54, 1.807) is 31.6 Å². The van der Waals surface area contributed by atoms with Crippen LogP contribution in [-0.4, -0.2) is 20.1 Å². The molecule has 0 aliphatic rings. The summed E-state index contributed by atoms with van der Waals surface area (Å²) in [6.45, 7) is 0.247. The average Bonchev–Trinajstić information content (AvgIpc) is 3.21. The van der Waals surface area contributed by atoms with Crippen molar-refractivity contribution in [1.29, 1.82) is 0 Å². The molecule has 0 N–H and O–H groups in total. The minimum absolute atomic E-state index is 0.110. The zero-order valence-corrected chi connectivity index (χ0v) is 16.4. The van der Waals surface area contributed by atoms with E-state index in [4.69, 9.17) is 4.74 Å². The van der Waals surface area contributed by atoms with Gasteiger partial charge < -0.3 is 4.74 Å². The van der Waals surface area contributed by atoms with Gasteiger partial charge in [0.15, 0.2) is 0 Å². The molecule has 146 valence electrons. The van der Waals surface area contributed by atoms with Gasteiger partial charge in [0.05, 0.1) is 11.9 Å². The largest absolute Gasteiger partial charge is 0.457 e. The molecule has 8 heteroatoms. The number of carbonyl (C=O) groups excluding carboxylic acids is 1. The third kappa shape index (κ3) is 3.74. The van der Waals surface area contributed by atoms with Gasteiger partial charge in [0.25, 0.3) is 5.56 Å². The van der Waals surface area contributed by atoms with E-state index < -0.39 is 17.2 Å². The summed E-state index contributed by atoms with van der Waals surface area (Å²) in [5.41, 5.74) is 0.722. The first-order chi connectivity index (χ1) is 14.0. The van der Waals surface area contributed by atoms with E-state index in [1.807, 2.05) is 30.3 Å². The summed E-state index contributed by atoms with van der Waals surface area (Å²) < 4.78 is 7.87. The molecule has 0 bridgehead atoms. The Morgan fingerprint density at radius 1 is 1.10 bits per heavy atom. The molecular weight excluding hydrogens is 390 g/mol. The molecule has 0 fully saturated rings. The summed E-state index contributed by atoms with van der Waals surface area (Å²) in [5, 5.41) is 0.313. The van der Waals surface area contributed by atoms with Crippen LogP contribution in [-0.2, 0) is 24.9 Å². The highest BCUT2D eigenvalue weighted by Crippen LogP contribution is 2.23. The number of benzene rings is 1. The number of pyridine rings is 1. The van der Waals surface area contributed by atoms with Crippen LogP contribution in [0, 0.1) is 0 Å². The number of rotatable bonds is 5. The van der Waals surface area contributed by atoms with Crippen LogP contribution in [0.4, 0.5) is 0 Å². The van der Waals surface area contributed by atoms with E-state index in [0.29, 0.717) is 10.2 Å². The quantitative estimate of drug-likeness (QED) is 0.475. The molecule has 3 aromatic heterocycles. The highest BCUT2D eigenvalue weighted by molar-refractivity contribution is 7.20. The second-order valence-corrected chi connectivity index (χ2v) is 7.52. The summed E-state index contributed by atoms with van der Waals surface area (Å²) in [5.74, 6) is -0.527. The van der Waals surface area contributed by atoms with E-state index in [9.17, 15) is 14.4 Å². The molecule has 4 rings (SSSR count). The van der Waals surface area contributed by atoms with Crippen molar-refractivity contribution in [2.24, 2.45) is 7.05 Å². The molecule has 0 amide bonds. The van der Waals surface area contributed by atoms with Crippen molar-refractivity contribution in [2.75, 3.05) is 0 Å². The molecule has 0 aliphatic heterocycles. The molecule has 0 aliphatic carbocycles. The number of thiophene rings is 1. The predicted molar refractivity (Wildman–Crippen MR) is 110 cm³/mol. The fourth-order valence-corrected chi connectivity index (χ4v) is 3.99. The third-order valence-corrected chi connectivity index (χ3v) is 5.68. The summed E-state index contributed by atoms with van der Waals surface area (Å²) in [4.78, 5) is 42.8. The Balaban J connectivity index is 1.67. The second kappa shape index (κ2) is 7.84. The van der Waals surface area contributed by atoms with Gasteiger partial charge in [0, 0.05) is 19.4 Å². The van der Waals surface area contributed by atoms with Gasteiger partial charge in [0.2, 0.25) is 0 Å². The fourth-order valence-electron chi connectivity index (χ4n) is 2.99. The Kier molecular flexibility index (Phi) is 5.09. The van der Waals surface area contributed by atoms with Crippen molar-refractivity contribution in [2.45, 2.75) is 13.2 Å². The number of esters is 1. The first-order valence-electron chi connectivity index (χ1n) is 8.88. The summed E-state index contributed by atoms with van der Waals surface area (Å²) >= 11 is 1.07. The molecule has 0 saturated carbocycles. The number of nitrogens with zero attached hydrogens (tertiary/aromatic N) is 3. The van der Waals surface area contributed by atoms with Gasteiger partial charge in [-0.15, -0.1) is 11.3 Å². The van der Waals surface area contributed by atoms with E-state index in [2.05, 4.69) is 4.98 Å². The first-order valence-corrected chi connectivity index (χ1v) is 9.69. The SMILES string of the molecule is Cn1c(=O)n(Cc2cccnc2)c(=O)c2cc(C(=O)OCc3ccccc3)sc21. The maximum Gasteiger partial charge on any atom is 0.348 e. The van der Waals surface area contributed by atoms with E-state index in [0.717, 1.165) is 27.0 Å². The maximum atomic E-state index is 12.9. The van der Waals surface area contributed by atoms with Crippen LogP contribution in [0.3, 0.4) is 0 Å². The Morgan fingerprint density at radius 2 is 1.86 bits per heavy atom. The lowest BCUT2D eigenvalue weighted by Gasteiger charge is -2.08. The van der Waals surface area contributed by atoms with Crippen LogP contribution in [0.1, 0.15) is 20.8 Å². The topological polar surface area (TPSA) is 83.2 Å². The number of aryl methyl sites for hydroxylation is 1. The van der Waals surface area contributed by atoms with Crippen molar-refractivity contribution < 1.29 is 9.53 Å². The van der Waals surface area contributed by atoms with Crippen molar-refractivity contribution in [3.05, 3.63) is 97.8 Å². The predicted octanol–water partition coefficient (Wildman–Crippen LogP) is 2.56. The molecule has 4 aromatic rings. The van der Waals surface area contributed by atoms with Crippen molar-refractivity contribution >= 4 is 27.5 Å². The van der Waals surface area contributed by atoms with E-state index in [-0.39, 0.29) is 18.0 Å². The Morgan fingerprint density at radius 3 is 2.59 bits per heavy atom. The first kappa shape index (κ1) is 18.8. The molecule has 1 aromatic carbocycles. The van der Waals surface area contributed by atoms with Crippen LogP contribution < -0.4 is 11.2 Å². The Labute approximate surface area is 169 Å². The lowest BCUT2D eigenvalue weighted by Crippen LogP contribution is -2.38. The van der Waals surface area contributed by atoms with Crippen LogP contribution >= 0.6 is 11.3 Å². The molecule has 0 radical (unpaired) electrons. The highest BCUT2D eigenvalue weighted by atomic mass is 32.1. The Bertz CT molecular complexity index is 1290. The summed E-state index contributed by atoms with van der Waals surface area (Å²) in [6.07, 6.45) is 3.23. The van der Waals surface area contributed by atoms with Gasteiger partial charge in [-0.25, -0.2) is 9.59 Å². The zero-order chi connectivity index (χ0) is 20.4. The number of ether oxygens (including phenoxy) is 1. The number of carbonyl (C=O) groups is 1. The summed E-state index contributed by atoms with van der Waals surface area (Å²) in [6, 6.07) is 14.4. The monoisotopic (exact) mass is 407 g/mol. The zero-order valence-electron chi connectivity index (χ0n) is 15.6. The smallest absolute Gasteiger partial charge is 0.348 e. The molecule has 7 nitrogen and oxygen atoms in total. The van der Waals surface area contributed by atoms with Crippen molar-refractivity contribution in [3.8, 4) is 0 Å².